The van der Waals surface area contributed by atoms with Gasteiger partial charge >= 0.3 is 0 Å². The van der Waals surface area contributed by atoms with Gasteiger partial charge in [-0.1, -0.05) is 26.8 Å². The summed E-state index contributed by atoms with van der Waals surface area (Å²) in [4.78, 5) is 0. The second kappa shape index (κ2) is 6.02. The van der Waals surface area contributed by atoms with Crippen molar-refractivity contribution in [1.82, 2.24) is 5.32 Å². The fourth-order valence-electron chi connectivity index (χ4n) is 1.98. The molecular weight excluding hydrogens is 254 g/mol. The van der Waals surface area contributed by atoms with Crippen LogP contribution in [-0.2, 0) is 0 Å². The molecule has 112 valence electrons. The van der Waals surface area contributed by atoms with Crippen molar-refractivity contribution >= 4 is 0 Å². The predicted octanol–water partition coefficient (Wildman–Crippen LogP) is 2.52. The summed E-state index contributed by atoms with van der Waals surface area (Å²) in [5.41, 5.74) is 1.02. The number of aliphatic hydroxyl groups excluding tert-OH is 1. The normalized spacial score (nSPS) is 17.6. The average molecular weight is 279 g/mol. The lowest BCUT2D eigenvalue weighted by Crippen LogP contribution is -2.39. The third kappa shape index (κ3) is 3.64. The van der Waals surface area contributed by atoms with E-state index in [4.69, 9.17) is 9.47 Å². The van der Waals surface area contributed by atoms with Crippen LogP contribution in [0.4, 0.5) is 0 Å². The molecule has 4 heteroatoms. The minimum atomic E-state index is -0.546. The average Bonchev–Trinajstić information content (AvgIpc) is 2.42. The Morgan fingerprint density at radius 3 is 2.50 bits per heavy atom. The minimum absolute atomic E-state index is 0.173. The lowest BCUT2D eigenvalue weighted by Gasteiger charge is -2.29. The van der Waals surface area contributed by atoms with E-state index in [1.165, 1.54) is 0 Å². The molecule has 0 amide bonds. The van der Waals surface area contributed by atoms with Gasteiger partial charge in [0.25, 0.3) is 0 Å². The van der Waals surface area contributed by atoms with Crippen LogP contribution in [0.5, 0.6) is 11.5 Å². The first-order valence-electron chi connectivity index (χ1n) is 7.19. The van der Waals surface area contributed by atoms with Crippen molar-refractivity contribution < 1.29 is 14.6 Å². The molecular formula is C16H25NO3. The molecule has 1 aliphatic rings. The number of ether oxygens (including phenoxy) is 2. The second-order valence-corrected chi connectivity index (χ2v) is 6.41. The zero-order valence-electron chi connectivity index (χ0n) is 12.8. The molecule has 0 bridgehead atoms. The fraction of sp³-hybridized carbons (Fsp3) is 0.625. The van der Waals surface area contributed by atoms with E-state index >= 15 is 0 Å². The number of benzene rings is 1. The van der Waals surface area contributed by atoms with Gasteiger partial charge in [0.15, 0.2) is 11.5 Å². The standard InChI is InChI=1S/C16H25NO3/c1-11(16(2,3)4)17-10-13(18)12-5-6-14-15(9-12)20-8-7-19-14/h5-6,9,11,13,17-18H,7-8,10H2,1-4H3. The molecule has 2 atom stereocenters. The molecule has 4 nitrogen and oxygen atoms in total. The second-order valence-electron chi connectivity index (χ2n) is 6.41. The van der Waals surface area contributed by atoms with Gasteiger partial charge in [-0.2, -0.15) is 0 Å². The molecule has 0 radical (unpaired) electrons. The molecule has 1 heterocycles. The van der Waals surface area contributed by atoms with Gasteiger partial charge < -0.3 is 19.9 Å². The molecule has 2 rings (SSSR count). The van der Waals surface area contributed by atoms with E-state index in [2.05, 4.69) is 33.0 Å². The van der Waals surface area contributed by atoms with Gasteiger partial charge in [-0.3, -0.25) is 0 Å². The van der Waals surface area contributed by atoms with Crippen molar-refractivity contribution in [2.45, 2.75) is 39.8 Å². The molecule has 0 saturated carbocycles. The van der Waals surface area contributed by atoms with Crippen molar-refractivity contribution in [2.24, 2.45) is 5.41 Å². The van der Waals surface area contributed by atoms with E-state index in [1.807, 2.05) is 18.2 Å². The van der Waals surface area contributed by atoms with Gasteiger partial charge in [0, 0.05) is 12.6 Å². The third-order valence-corrected chi connectivity index (χ3v) is 3.87. The largest absolute Gasteiger partial charge is 0.486 e. The topological polar surface area (TPSA) is 50.7 Å². The van der Waals surface area contributed by atoms with E-state index in [9.17, 15) is 5.11 Å². The molecule has 0 saturated heterocycles. The highest BCUT2D eigenvalue weighted by Gasteiger charge is 2.21. The zero-order chi connectivity index (χ0) is 14.8. The van der Waals surface area contributed by atoms with E-state index in [-0.39, 0.29) is 5.41 Å². The van der Waals surface area contributed by atoms with E-state index < -0.39 is 6.10 Å². The van der Waals surface area contributed by atoms with Crippen molar-refractivity contribution in [2.75, 3.05) is 19.8 Å². The smallest absolute Gasteiger partial charge is 0.161 e. The first-order valence-corrected chi connectivity index (χ1v) is 7.19. The van der Waals surface area contributed by atoms with Crippen molar-refractivity contribution in [3.63, 3.8) is 0 Å². The Balaban J connectivity index is 1.97. The van der Waals surface area contributed by atoms with Crippen molar-refractivity contribution in [3.05, 3.63) is 23.8 Å². The summed E-state index contributed by atoms with van der Waals surface area (Å²) >= 11 is 0. The maximum atomic E-state index is 10.3. The first-order chi connectivity index (χ1) is 9.38. The summed E-state index contributed by atoms with van der Waals surface area (Å²) in [6.07, 6.45) is -0.546. The Labute approximate surface area is 121 Å². The number of rotatable bonds is 4. The van der Waals surface area contributed by atoms with Gasteiger partial charge in [-0.25, -0.2) is 0 Å². The number of hydrogen-bond acceptors (Lipinski definition) is 4. The molecule has 1 aromatic rings. The lowest BCUT2D eigenvalue weighted by molar-refractivity contribution is 0.153. The minimum Gasteiger partial charge on any atom is -0.486 e. The molecule has 0 fully saturated rings. The van der Waals surface area contributed by atoms with Crippen LogP contribution in [-0.4, -0.2) is 30.9 Å². The van der Waals surface area contributed by atoms with Crippen LogP contribution in [0, 0.1) is 5.41 Å². The molecule has 1 aromatic carbocycles. The number of fused-ring (bicyclic) bond motifs is 1. The Morgan fingerprint density at radius 1 is 1.20 bits per heavy atom. The monoisotopic (exact) mass is 279 g/mol. The molecule has 20 heavy (non-hydrogen) atoms. The van der Waals surface area contributed by atoms with E-state index in [0.29, 0.717) is 25.8 Å². The van der Waals surface area contributed by atoms with Crippen LogP contribution >= 0.6 is 0 Å². The van der Waals surface area contributed by atoms with Gasteiger partial charge in [0.1, 0.15) is 13.2 Å². The van der Waals surface area contributed by atoms with E-state index in [1.54, 1.807) is 0 Å². The van der Waals surface area contributed by atoms with Gasteiger partial charge in [0.05, 0.1) is 6.10 Å². The summed E-state index contributed by atoms with van der Waals surface area (Å²) in [5.74, 6) is 1.47. The summed E-state index contributed by atoms with van der Waals surface area (Å²) in [6, 6.07) is 5.94. The highest BCUT2D eigenvalue weighted by Crippen LogP contribution is 2.32. The van der Waals surface area contributed by atoms with Gasteiger partial charge in [0.2, 0.25) is 0 Å². The Hall–Kier alpha value is -1.26. The lowest BCUT2D eigenvalue weighted by atomic mass is 9.88. The van der Waals surface area contributed by atoms with Crippen molar-refractivity contribution in [3.8, 4) is 11.5 Å². The van der Waals surface area contributed by atoms with Crippen molar-refractivity contribution in [1.29, 1.82) is 0 Å². The maximum Gasteiger partial charge on any atom is 0.161 e. The molecule has 2 N–H and O–H groups in total. The molecule has 2 unspecified atom stereocenters. The summed E-state index contributed by atoms with van der Waals surface area (Å²) < 4.78 is 11.0. The van der Waals surface area contributed by atoms with Gasteiger partial charge in [-0.15, -0.1) is 0 Å². The van der Waals surface area contributed by atoms with Crippen LogP contribution in [0.2, 0.25) is 0 Å². The third-order valence-electron chi connectivity index (χ3n) is 3.87. The van der Waals surface area contributed by atoms with Crippen LogP contribution < -0.4 is 14.8 Å². The Bertz CT molecular complexity index is 454. The van der Waals surface area contributed by atoms with Crippen LogP contribution in [0.3, 0.4) is 0 Å². The van der Waals surface area contributed by atoms with Crippen LogP contribution in [0.15, 0.2) is 18.2 Å². The maximum absolute atomic E-state index is 10.3. The fourth-order valence-corrected chi connectivity index (χ4v) is 1.98. The summed E-state index contributed by atoms with van der Waals surface area (Å²) in [6.45, 7) is 10.4. The highest BCUT2D eigenvalue weighted by atomic mass is 16.6. The molecule has 0 spiro atoms. The van der Waals surface area contributed by atoms with E-state index in [0.717, 1.165) is 17.1 Å². The molecule has 1 aliphatic heterocycles. The van der Waals surface area contributed by atoms with Crippen LogP contribution in [0.25, 0.3) is 0 Å². The Kier molecular flexibility index (Phi) is 4.55. The van der Waals surface area contributed by atoms with Gasteiger partial charge in [-0.05, 0) is 30.0 Å². The zero-order valence-corrected chi connectivity index (χ0v) is 12.8. The Morgan fingerprint density at radius 2 is 1.85 bits per heavy atom. The quantitative estimate of drug-likeness (QED) is 0.889. The number of hydrogen-bond donors (Lipinski definition) is 2. The molecule has 0 aliphatic carbocycles. The summed E-state index contributed by atoms with van der Waals surface area (Å²) in [5, 5.41) is 13.7. The highest BCUT2D eigenvalue weighted by molar-refractivity contribution is 5.44. The first kappa shape index (κ1) is 15.1. The summed E-state index contributed by atoms with van der Waals surface area (Å²) in [7, 11) is 0. The predicted molar refractivity (Wildman–Crippen MR) is 79.3 cm³/mol. The molecule has 0 aromatic heterocycles. The number of aliphatic hydroxyl groups is 1. The number of nitrogens with one attached hydrogen (secondary N) is 1. The van der Waals surface area contributed by atoms with Crippen LogP contribution in [0.1, 0.15) is 39.4 Å². The SMILES string of the molecule is CC(NCC(O)c1ccc2c(c1)OCCO2)C(C)(C)C.